The van der Waals surface area contributed by atoms with Crippen molar-refractivity contribution in [3.05, 3.63) is 120 Å². The van der Waals surface area contributed by atoms with Crippen molar-refractivity contribution in [1.82, 2.24) is 0 Å². The number of benzene rings is 3. The fourth-order valence-electron chi connectivity index (χ4n) is 9.54. The van der Waals surface area contributed by atoms with Crippen molar-refractivity contribution in [2.75, 3.05) is 19.8 Å². The van der Waals surface area contributed by atoms with E-state index in [1.807, 2.05) is 97.1 Å². The summed E-state index contributed by atoms with van der Waals surface area (Å²) >= 11 is 0. The summed E-state index contributed by atoms with van der Waals surface area (Å²) in [5.74, 6) is -0.828. The predicted octanol–water partition coefficient (Wildman–Crippen LogP) is 8.86. The van der Waals surface area contributed by atoms with Crippen LogP contribution in [-0.2, 0) is 29.3 Å². The van der Waals surface area contributed by atoms with Gasteiger partial charge in [-0.2, -0.15) is 0 Å². The van der Waals surface area contributed by atoms with E-state index >= 15 is 0 Å². The number of rotatable bonds is 9. The Kier molecular flexibility index (Phi) is 11.0. The molecule has 1 spiro atoms. The van der Waals surface area contributed by atoms with Gasteiger partial charge < -0.3 is 24.1 Å². The van der Waals surface area contributed by atoms with Crippen molar-refractivity contribution in [2.24, 2.45) is 28.6 Å². The molecule has 1 saturated heterocycles. The molecule has 3 aliphatic rings. The Morgan fingerprint density at radius 3 is 1.92 bits per heavy atom. The molecule has 6 rings (SSSR count). The minimum atomic E-state index is -1.06. The van der Waals surface area contributed by atoms with Gasteiger partial charge in [0.05, 0.1) is 19.3 Å². The van der Waals surface area contributed by atoms with Crippen LogP contribution in [0.2, 0.25) is 0 Å². The van der Waals surface area contributed by atoms with E-state index in [2.05, 4.69) is 34.3 Å². The second kappa shape index (κ2) is 15.1. The van der Waals surface area contributed by atoms with Crippen molar-refractivity contribution in [3.63, 3.8) is 0 Å². The van der Waals surface area contributed by atoms with E-state index < -0.39 is 40.4 Å². The van der Waals surface area contributed by atoms with Crippen LogP contribution in [0.15, 0.2) is 104 Å². The topological polar surface area (TPSA) is 74.2 Å². The lowest BCUT2D eigenvalue weighted by Gasteiger charge is -2.53. The normalized spacial score (nSPS) is 31.7. The van der Waals surface area contributed by atoms with Gasteiger partial charge in [0.15, 0.2) is 5.79 Å². The van der Waals surface area contributed by atoms with E-state index in [1.165, 1.54) is 0 Å². The largest absolute Gasteiger partial charge is 0.460 e. The van der Waals surface area contributed by atoms with E-state index in [0.29, 0.717) is 19.6 Å². The van der Waals surface area contributed by atoms with E-state index in [4.69, 9.17) is 18.9 Å². The Bertz CT molecular complexity index is 1450. The molecule has 0 bridgehead atoms. The minimum absolute atomic E-state index is 0.0197. The lowest BCUT2D eigenvalue weighted by molar-refractivity contribution is -0.238. The van der Waals surface area contributed by atoms with Gasteiger partial charge in [-0.15, -0.1) is 6.58 Å². The molecular weight excluding hydrogens is 624 g/mol. The van der Waals surface area contributed by atoms with E-state index in [9.17, 15) is 9.90 Å². The highest BCUT2D eigenvalue weighted by molar-refractivity contribution is 5.71. The first-order chi connectivity index (χ1) is 24.1. The molecule has 268 valence electrons. The van der Waals surface area contributed by atoms with Crippen LogP contribution in [0.25, 0.3) is 0 Å². The molecule has 1 N–H and O–H groups in total. The van der Waals surface area contributed by atoms with Gasteiger partial charge in [-0.25, -0.2) is 4.79 Å². The number of carbonyl (C=O) groups excluding carboxylic acids is 1. The summed E-state index contributed by atoms with van der Waals surface area (Å²) in [6.45, 7) is 13.8. The second-order valence-corrected chi connectivity index (χ2v) is 15.5. The molecule has 2 aliphatic carbocycles. The van der Waals surface area contributed by atoms with Gasteiger partial charge in [0.2, 0.25) is 0 Å². The highest BCUT2D eigenvalue weighted by atomic mass is 16.7. The quantitative estimate of drug-likeness (QED) is 0.138. The van der Waals surface area contributed by atoms with E-state index in [0.717, 1.165) is 55.2 Å². The van der Waals surface area contributed by atoms with Crippen LogP contribution in [0.5, 0.6) is 0 Å². The average molecular weight is 681 g/mol. The summed E-state index contributed by atoms with van der Waals surface area (Å²) in [5, 5.41) is 11.8. The third-order valence-corrected chi connectivity index (χ3v) is 12.7. The third-order valence-electron chi connectivity index (χ3n) is 12.7. The summed E-state index contributed by atoms with van der Waals surface area (Å²) in [6.07, 6.45) is 6.71. The molecule has 6 heteroatoms. The fourth-order valence-corrected chi connectivity index (χ4v) is 9.54. The number of hydrogen-bond donors (Lipinski definition) is 1. The number of carbonyl (C=O) groups is 1. The molecule has 1 heterocycles. The number of aliphatic hydroxyl groups excluding tert-OH is 1. The molecule has 3 aromatic rings. The molecule has 7 atom stereocenters. The lowest BCUT2D eigenvalue weighted by atomic mass is 9.57. The number of ether oxygens (including phenoxy) is 4. The Hall–Kier alpha value is -3.29. The first-order valence-corrected chi connectivity index (χ1v) is 18.7. The van der Waals surface area contributed by atoms with Crippen molar-refractivity contribution < 1.29 is 28.8 Å². The molecule has 1 aliphatic heterocycles. The second-order valence-electron chi connectivity index (χ2n) is 15.5. The van der Waals surface area contributed by atoms with Crippen LogP contribution in [-0.4, -0.2) is 48.9 Å². The Balaban J connectivity index is 1.39. The fraction of sp³-hybridized carbons (Fsp3) is 0.523. The number of esters is 1. The summed E-state index contributed by atoms with van der Waals surface area (Å²) in [7, 11) is 0. The maximum Gasteiger partial charge on any atom is 0.332 e. The van der Waals surface area contributed by atoms with Crippen LogP contribution >= 0.6 is 0 Å². The molecule has 50 heavy (non-hydrogen) atoms. The summed E-state index contributed by atoms with van der Waals surface area (Å²) in [6, 6.07) is 30.2. The molecule has 0 amide bonds. The standard InChI is InChI=1S/C44H56O6/c1-6-41(4)30-38(42(5,33(3)19-16-18-32(2)40(41)46)37-26-17-27-43(37)47-28-29-48-43)50-39(45)31-49-44(34-20-10-7-11-21-34,35-22-12-8-13-23-35)36-24-14-9-15-25-36/h6-15,20-25,32-33,37-38,40,46H,1,16-19,26-31H2,2-5H3/t32?,33-,37?,38-,40?,41+,42-/m1/s1. The van der Waals surface area contributed by atoms with Gasteiger partial charge in [0.1, 0.15) is 18.3 Å². The summed E-state index contributed by atoms with van der Waals surface area (Å²) in [4.78, 5) is 14.5. The average Bonchev–Trinajstić information content (AvgIpc) is 3.81. The predicted molar refractivity (Wildman–Crippen MR) is 196 cm³/mol. The first kappa shape index (κ1) is 36.5. The molecule has 3 unspecified atom stereocenters. The van der Waals surface area contributed by atoms with Crippen LogP contribution < -0.4 is 0 Å². The molecule has 2 saturated carbocycles. The van der Waals surface area contributed by atoms with Crippen LogP contribution in [0.3, 0.4) is 0 Å². The van der Waals surface area contributed by atoms with Gasteiger partial charge in [-0.1, -0.05) is 138 Å². The lowest BCUT2D eigenvalue weighted by Crippen LogP contribution is -2.56. The molecular formula is C44H56O6. The maximum atomic E-state index is 14.5. The van der Waals surface area contributed by atoms with E-state index in [-0.39, 0.29) is 24.4 Å². The zero-order chi connectivity index (χ0) is 35.4. The summed E-state index contributed by atoms with van der Waals surface area (Å²) in [5.41, 5.74) is 0.509. The monoisotopic (exact) mass is 680 g/mol. The van der Waals surface area contributed by atoms with Gasteiger partial charge in [0, 0.05) is 23.2 Å². The highest BCUT2D eigenvalue weighted by Gasteiger charge is 2.61. The van der Waals surface area contributed by atoms with E-state index in [1.54, 1.807) is 0 Å². The first-order valence-electron chi connectivity index (χ1n) is 18.7. The molecule has 6 nitrogen and oxygen atoms in total. The molecule has 0 radical (unpaired) electrons. The summed E-state index contributed by atoms with van der Waals surface area (Å²) < 4.78 is 26.6. The van der Waals surface area contributed by atoms with Crippen molar-refractivity contribution in [1.29, 1.82) is 0 Å². The van der Waals surface area contributed by atoms with Crippen LogP contribution in [0.4, 0.5) is 0 Å². The Labute approximate surface area is 299 Å². The third kappa shape index (κ3) is 6.72. The minimum Gasteiger partial charge on any atom is -0.460 e. The highest BCUT2D eigenvalue weighted by Crippen LogP contribution is 2.58. The number of hydrogen-bond acceptors (Lipinski definition) is 6. The van der Waals surface area contributed by atoms with Crippen molar-refractivity contribution in [3.8, 4) is 0 Å². The smallest absolute Gasteiger partial charge is 0.332 e. The van der Waals surface area contributed by atoms with Gasteiger partial charge >= 0.3 is 5.97 Å². The molecule has 0 aromatic heterocycles. The van der Waals surface area contributed by atoms with Crippen LogP contribution in [0, 0.1) is 28.6 Å². The molecule has 3 fully saturated rings. The zero-order valence-electron chi connectivity index (χ0n) is 30.4. The van der Waals surface area contributed by atoms with Crippen LogP contribution in [0.1, 0.15) is 89.3 Å². The van der Waals surface area contributed by atoms with Gasteiger partial charge in [-0.05, 0) is 54.2 Å². The Morgan fingerprint density at radius 1 is 0.860 bits per heavy atom. The van der Waals surface area contributed by atoms with Crippen molar-refractivity contribution >= 4 is 5.97 Å². The van der Waals surface area contributed by atoms with Gasteiger partial charge in [-0.3, -0.25) is 0 Å². The zero-order valence-corrected chi connectivity index (χ0v) is 30.4. The van der Waals surface area contributed by atoms with Gasteiger partial charge in [0.25, 0.3) is 0 Å². The SMILES string of the molecule is C=C[C@@]1(C)C[C@@H](OC(=O)COC(c2ccccc2)(c2ccccc2)c2ccccc2)[C@@](C)(C2CCCC23OCCO3)[C@H](C)CCCC(C)C1O. The Morgan fingerprint density at radius 2 is 1.40 bits per heavy atom. The maximum absolute atomic E-state index is 14.5. The number of aliphatic hydroxyl groups is 1. The molecule has 3 aromatic carbocycles. The van der Waals surface area contributed by atoms with Crippen molar-refractivity contribution in [2.45, 2.75) is 96.2 Å².